The highest BCUT2D eigenvalue weighted by atomic mass is 19.2. The molecule has 0 unspecified atom stereocenters. The molecule has 94 valence electrons. The number of carbonyl (C=O) groups excluding carboxylic acids is 1. The van der Waals surface area contributed by atoms with E-state index in [0.29, 0.717) is 6.61 Å². The number of methoxy groups -OCH3 is 1. The summed E-state index contributed by atoms with van der Waals surface area (Å²) < 4.78 is 36.3. The molecule has 1 aromatic carbocycles. The zero-order valence-corrected chi connectivity index (χ0v) is 9.76. The van der Waals surface area contributed by atoms with E-state index in [4.69, 9.17) is 9.47 Å². The van der Waals surface area contributed by atoms with Crippen LogP contribution in [-0.2, 0) is 9.47 Å². The van der Waals surface area contributed by atoms with Crippen LogP contribution in [0.1, 0.15) is 15.9 Å². The summed E-state index contributed by atoms with van der Waals surface area (Å²) in [6.45, 7) is 1.72. The van der Waals surface area contributed by atoms with Gasteiger partial charge >= 0.3 is 0 Å². The van der Waals surface area contributed by atoms with Crippen LogP contribution in [0.3, 0.4) is 0 Å². The lowest BCUT2D eigenvalue weighted by Gasteiger charge is -2.06. The van der Waals surface area contributed by atoms with Crippen LogP contribution in [0.2, 0.25) is 0 Å². The molecule has 0 atom stereocenters. The molecule has 0 fully saturated rings. The number of ketones is 1. The maximum Gasteiger partial charge on any atom is 0.191 e. The number of benzene rings is 1. The lowest BCUT2D eigenvalue weighted by Crippen LogP contribution is -2.14. The van der Waals surface area contributed by atoms with Crippen LogP contribution in [0.25, 0.3) is 0 Å². The van der Waals surface area contributed by atoms with Crippen molar-refractivity contribution in [3.05, 3.63) is 34.9 Å². The Morgan fingerprint density at radius 2 is 1.94 bits per heavy atom. The maximum absolute atomic E-state index is 13.4. The lowest BCUT2D eigenvalue weighted by atomic mass is 10.1. The number of halogens is 2. The molecule has 5 heteroatoms. The molecule has 0 bridgehead atoms. The number of hydrogen-bond donors (Lipinski definition) is 0. The van der Waals surface area contributed by atoms with Crippen molar-refractivity contribution in [3.63, 3.8) is 0 Å². The van der Waals surface area contributed by atoms with Gasteiger partial charge < -0.3 is 9.47 Å². The summed E-state index contributed by atoms with van der Waals surface area (Å²) in [6, 6.07) is 2.62. The van der Waals surface area contributed by atoms with E-state index in [1.165, 1.54) is 26.2 Å². The lowest BCUT2D eigenvalue weighted by molar-refractivity contribution is 0.0573. The van der Waals surface area contributed by atoms with Crippen LogP contribution in [-0.4, -0.2) is 32.7 Å². The fraction of sp³-hybridized carbons (Fsp3) is 0.417. The van der Waals surface area contributed by atoms with Gasteiger partial charge in [0.25, 0.3) is 0 Å². The summed E-state index contributed by atoms with van der Waals surface area (Å²) in [7, 11) is 1.50. The molecule has 1 rings (SSSR count). The molecule has 17 heavy (non-hydrogen) atoms. The molecule has 0 aliphatic rings. The standard InChI is InChI=1S/C12H14F2O3/c1-8-3-4-9(12(14)11(8)13)10(15)7-17-6-5-16-2/h3-4H,5-7H2,1-2H3. The van der Waals surface area contributed by atoms with Crippen LogP contribution < -0.4 is 0 Å². The van der Waals surface area contributed by atoms with Gasteiger partial charge in [-0.05, 0) is 18.6 Å². The third-order valence-corrected chi connectivity index (χ3v) is 2.24. The van der Waals surface area contributed by atoms with E-state index in [0.717, 1.165) is 0 Å². The van der Waals surface area contributed by atoms with Crippen molar-refractivity contribution < 1.29 is 23.0 Å². The zero-order chi connectivity index (χ0) is 12.8. The molecule has 0 saturated carbocycles. The molecule has 0 saturated heterocycles. The van der Waals surface area contributed by atoms with Crippen LogP contribution in [0.15, 0.2) is 12.1 Å². The molecule has 0 aromatic heterocycles. The van der Waals surface area contributed by atoms with Gasteiger partial charge in [0.15, 0.2) is 17.4 Å². The number of hydrogen-bond acceptors (Lipinski definition) is 3. The normalized spacial score (nSPS) is 10.6. The number of Topliss-reactive ketones (excluding diaryl/α,β-unsaturated/α-hetero) is 1. The highest BCUT2D eigenvalue weighted by Crippen LogP contribution is 2.16. The van der Waals surface area contributed by atoms with Gasteiger partial charge in [-0.1, -0.05) is 6.07 Å². The highest BCUT2D eigenvalue weighted by molar-refractivity contribution is 5.97. The zero-order valence-electron chi connectivity index (χ0n) is 9.76. The summed E-state index contributed by atoms with van der Waals surface area (Å²) >= 11 is 0. The Labute approximate surface area is 98.3 Å². The van der Waals surface area contributed by atoms with Gasteiger partial charge in [0, 0.05) is 7.11 Å². The van der Waals surface area contributed by atoms with E-state index in [9.17, 15) is 13.6 Å². The topological polar surface area (TPSA) is 35.5 Å². The predicted molar refractivity (Wildman–Crippen MR) is 58.1 cm³/mol. The van der Waals surface area contributed by atoms with Gasteiger partial charge in [0.2, 0.25) is 0 Å². The maximum atomic E-state index is 13.4. The van der Waals surface area contributed by atoms with E-state index < -0.39 is 17.4 Å². The quantitative estimate of drug-likeness (QED) is 0.568. The fourth-order valence-electron chi connectivity index (χ4n) is 1.25. The van der Waals surface area contributed by atoms with Gasteiger partial charge in [-0.25, -0.2) is 8.78 Å². The van der Waals surface area contributed by atoms with E-state index in [-0.39, 0.29) is 24.3 Å². The minimum absolute atomic E-state index is 0.166. The largest absolute Gasteiger partial charge is 0.382 e. The predicted octanol–water partition coefficient (Wildman–Crippen LogP) is 2.12. The number of rotatable bonds is 6. The second-order valence-electron chi connectivity index (χ2n) is 3.53. The summed E-state index contributed by atoms with van der Waals surface area (Å²) in [5.41, 5.74) is -0.120. The summed E-state index contributed by atoms with van der Waals surface area (Å²) in [4.78, 5) is 11.5. The van der Waals surface area contributed by atoms with Crippen molar-refractivity contribution in [1.82, 2.24) is 0 Å². The van der Waals surface area contributed by atoms with Crippen LogP contribution in [0, 0.1) is 18.6 Å². The average Bonchev–Trinajstić information content (AvgIpc) is 2.31. The molecular formula is C12H14F2O3. The number of carbonyl (C=O) groups is 1. The second-order valence-corrected chi connectivity index (χ2v) is 3.53. The van der Waals surface area contributed by atoms with Gasteiger partial charge in [-0.2, -0.15) is 0 Å². The smallest absolute Gasteiger partial charge is 0.191 e. The van der Waals surface area contributed by atoms with Crippen molar-refractivity contribution in [2.24, 2.45) is 0 Å². The molecule has 0 spiro atoms. The molecule has 0 heterocycles. The Hall–Kier alpha value is -1.33. The van der Waals surface area contributed by atoms with E-state index >= 15 is 0 Å². The summed E-state index contributed by atoms with van der Waals surface area (Å²) in [5, 5.41) is 0. The first-order valence-corrected chi connectivity index (χ1v) is 5.12. The van der Waals surface area contributed by atoms with Crippen LogP contribution in [0.4, 0.5) is 8.78 Å². The first kappa shape index (κ1) is 13.7. The highest BCUT2D eigenvalue weighted by Gasteiger charge is 2.16. The van der Waals surface area contributed by atoms with E-state index in [2.05, 4.69) is 0 Å². The average molecular weight is 244 g/mol. The van der Waals surface area contributed by atoms with Crippen molar-refractivity contribution >= 4 is 5.78 Å². The summed E-state index contributed by atoms with van der Waals surface area (Å²) in [5.74, 6) is -2.70. The van der Waals surface area contributed by atoms with E-state index in [1.807, 2.05) is 0 Å². The molecule has 0 amide bonds. The molecule has 0 aliphatic heterocycles. The van der Waals surface area contributed by atoms with Crippen LogP contribution >= 0.6 is 0 Å². The minimum Gasteiger partial charge on any atom is -0.382 e. The molecular weight excluding hydrogens is 230 g/mol. The Kier molecular flexibility index (Phi) is 5.18. The Morgan fingerprint density at radius 1 is 1.24 bits per heavy atom. The Bertz CT molecular complexity index is 405. The fourth-order valence-corrected chi connectivity index (χ4v) is 1.25. The van der Waals surface area contributed by atoms with Gasteiger partial charge in [0.1, 0.15) is 6.61 Å². The first-order chi connectivity index (χ1) is 8.07. The summed E-state index contributed by atoms with van der Waals surface area (Å²) in [6.07, 6.45) is 0. The molecule has 3 nitrogen and oxygen atoms in total. The van der Waals surface area contributed by atoms with Crippen molar-refractivity contribution in [2.75, 3.05) is 26.9 Å². The second kappa shape index (κ2) is 6.42. The molecule has 0 radical (unpaired) electrons. The van der Waals surface area contributed by atoms with Gasteiger partial charge in [-0.3, -0.25) is 4.79 Å². The first-order valence-electron chi connectivity index (χ1n) is 5.12. The third-order valence-electron chi connectivity index (χ3n) is 2.24. The third kappa shape index (κ3) is 3.57. The monoisotopic (exact) mass is 244 g/mol. The minimum atomic E-state index is -1.12. The van der Waals surface area contributed by atoms with Crippen molar-refractivity contribution in [3.8, 4) is 0 Å². The number of aryl methyl sites for hydroxylation is 1. The van der Waals surface area contributed by atoms with Gasteiger partial charge in [-0.15, -0.1) is 0 Å². The van der Waals surface area contributed by atoms with Gasteiger partial charge in [0.05, 0.1) is 18.8 Å². The Morgan fingerprint density at radius 3 is 2.59 bits per heavy atom. The SMILES string of the molecule is COCCOCC(=O)c1ccc(C)c(F)c1F. The molecule has 1 aromatic rings. The number of ether oxygens (including phenoxy) is 2. The van der Waals surface area contributed by atoms with Crippen molar-refractivity contribution in [1.29, 1.82) is 0 Å². The molecule has 0 aliphatic carbocycles. The van der Waals surface area contributed by atoms with Crippen LogP contribution in [0.5, 0.6) is 0 Å². The van der Waals surface area contributed by atoms with Crippen molar-refractivity contribution in [2.45, 2.75) is 6.92 Å². The molecule has 0 N–H and O–H groups in total. The van der Waals surface area contributed by atoms with E-state index in [1.54, 1.807) is 0 Å². The Balaban J connectivity index is 2.66.